The van der Waals surface area contributed by atoms with Crippen LogP contribution in [0.1, 0.15) is 24.4 Å². The summed E-state index contributed by atoms with van der Waals surface area (Å²) in [6.07, 6.45) is 2.93. The summed E-state index contributed by atoms with van der Waals surface area (Å²) < 4.78 is 24.5. The molecule has 1 aliphatic heterocycles. The van der Waals surface area contributed by atoms with E-state index in [0.29, 0.717) is 32.5 Å². The van der Waals surface area contributed by atoms with E-state index < -0.39 is 17.8 Å². The standard InChI is InChI=1S/C17H14Br2FN3O3/c1-2-25-17(24)13-12(8-18)22-15(16-21-5-6-26-16)23-14(13)10-4-3-9(20)7-11(10)19/h3-7,14H,2,8H2,1H3,(H,22,23). The summed E-state index contributed by atoms with van der Waals surface area (Å²) in [4.78, 5) is 21.3. The normalized spacial score (nSPS) is 16.9. The smallest absolute Gasteiger partial charge is 0.338 e. The first kappa shape index (κ1) is 18.8. The molecule has 1 aromatic carbocycles. The van der Waals surface area contributed by atoms with Crippen molar-refractivity contribution in [3.8, 4) is 0 Å². The van der Waals surface area contributed by atoms with Crippen LogP contribution in [0.15, 0.2) is 55.8 Å². The van der Waals surface area contributed by atoms with Crippen LogP contribution in [-0.2, 0) is 9.53 Å². The number of hydrogen-bond acceptors (Lipinski definition) is 6. The first-order valence-electron chi connectivity index (χ1n) is 7.70. The highest BCUT2D eigenvalue weighted by Crippen LogP contribution is 2.36. The minimum absolute atomic E-state index is 0.228. The fraction of sp³-hybridized carbons (Fsp3) is 0.235. The summed E-state index contributed by atoms with van der Waals surface area (Å²) in [6.45, 7) is 1.96. The first-order chi connectivity index (χ1) is 12.5. The van der Waals surface area contributed by atoms with Gasteiger partial charge < -0.3 is 14.5 Å². The molecule has 136 valence electrons. The van der Waals surface area contributed by atoms with Crippen molar-refractivity contribution in [2.75, 3.05) is 11.9 Å². The Bertz CT molecular complexity index is 881. The van der Waals surface area contributed by atoms with Crippen LogP contribution in [0.2, 0.25) is 0 Å². The van der Waals surface area contributed by atoms with E-state index in [1.807, 2.05) is 0 Å². The molecule has 2 aromatic rings. The second-order valence-electron chi connectivity index (χ2n) is 5.25. The van der Waals surface area contributed by atoms with Crippen molar-refractivity contribution in [1.82, 2.24) is 10.3 Å². The van der Waals surface area contributed by atoms with Crippen molar-refractivity contribution in [3.63, 3.8) is 0 Å². The van der Waals surface area contributed by atoms with Crippen molar-refractivity contribution < 1.29 is 18.3 Å². The van der Waals surface area contributed by atoms with Crippen LogP contribution < -0.4 is 5.32 Å². The molecule has 0 bridgehead atoms. The summed E-state index contributed by atoms with van der Waals surface area (Å²) in [7, 11) is 0. The lowest BCUT2D eigenvalue weighted by Gasteiger charge is -2.26. The van der Waals surface area contributed by atoms with Gasteiger partial charge in [-0.3, -0.25) is 4.99 Å². The van der Waals surface area contributed by atoms with Gasteiger partial charge >= 0.3 is 5.97 Å². The van der Waals surface area contributed by atoms with Crippen LogP contribution in [0.25, 0.3) is 0 Å². The summed E-state index contributed by atoms with van der Waals surface area (Å²) in [5.74, 6) is -0.229. The molecule has 9 heteroatoms. The van der Waals surface area contributed by atoms with E-state index in [0.717, 1.165) is 0 Å². The number of esters is 1. The van der Waals surface area contributed by atoms with E-state index in [1.54, 1.807) is 13.0 Å². The van der Waals surface area contributed by atoms with Gasteiger partial charge in [-0.1, -0.05) is 37.9 Å². The lowest BCUT2D eigenvalue weighted by atomic mass is 9.96. The predicted octanol–water partition coefficient (Wildman–Crippen LogP) is 3.88. The number of alkyl halides is 1. The number of aliphatic imine (C=N–C) groups is 1. The minimum Gasteiger partial charge on any atom is -0.463 e. The molecule has 1 N–H and O–H groups in total. The lowest BCUT2D eigenvalue weighted by Crippen LogP contribution is -2.34. The number of nitrogens with one attached hydrogen (secondary N) is 1. The Morgan fingerprint density at radius 2 is 2.27 bits per heavy atom. The molecule has 3 rings (SSSR count). The highest BCUT2D eigenvalue weighted by molar-refractivity contribution is 9.10. The maximum atomic E-state index is 13.5. The van der Waals surface area contributed by atoms with Gasteiger partial charge in [0.25, 0.3) is 5.89 Å². The highest BCUT2D eigenvalue weighted by Gasteiger charge is 2.33. The Labute approximate surface area is 165 Å². The minimum atomic E-state index is -0.709. The molecule has 1 aliphatic rings. The monoisotopic (exact) mass is 485 g/mol. The maximum Gasteiger partial charge on any atom is 0.338 e. The van der Waals surface area contributed by atoms with Gasteiger partial charge in [0.2, 0.25) is 0 Å². The molecule has 0 amide bonds. The zero-order chi connectivity index (χ0) is 18.7. The molecule has 0 aliphatic carbocycles. The largest absolute Gasteiger partial charge is 0.463 e. The van der Waals surface area contributed by atoms with Crippen LogP contribution in [0.3, 0.4) is 0 Å². The molecule has 0 fully saturated rings. The van der Waals surface area contributed by atoms with Crippen molar-refractivity contribution in [1.29, 1.82) is 0 Å². The Morgan fingerprint density at radius 3 is 2.88 bits per heavy atom. The van der Waals surface area contributed by atoms with Gasteiger partial charge in [0.1, 0.15) is 18.1 Å². The number of hydrogen-bond donors (Lipinski definition) is 1. The topological polar surface area (TPSA) is 76.7 Å². The average molecular weight is 487 g/mol. The van der Waals surface area contributed by atoms with Crippen molar-refractivity contribution >= 4 is 43.7 Å². The average Bonchev–Trinajstić information content (AvgIpc) is 3.15. The number of carbonyl (C=O) groups excluding carboxylic acids is 1. The second-order valence-corrected chi connectivity index (χ2v) is 6.67. The van der Waals surface area contributed by atoms with Crippen molar-refractivity contribution in [2.45, 2.75) is 13.0 Å². The number of benzene rings is 1. The molecular weight excluding hydrogens is 473 g/mol. The third kappa shape index (κ3) is 3.73. The lowest BCUT2D eigenvalue weighted by molar-refractivity contribution is -0.138. The highest BCUT2D eigenvalue weighted by atomic mass is 79.9. The molecular formula is C17H14Br2FN3O3. The van der Waals surface area contributed by atoms with Gasteiger partial charge in [-0.25, -0.2) is 14.2 Å². The van der Waals surface area contributed by atoms with Gasteiger partial charge in [0, 0.05) is 15.5 Å². The van der Waals surface area contributed by atoms with E-state index in [1.165, 1.54) is 24.6 Å². The first-order valence-corrected chi connectivity index (χ1v) is 9.62. The number of nitrogens with zero attached hydrogens (tertiary/aromatic N) is 2. The number of carbonyl (C=O) groups is 1. The zero-order valence-electron chi connectivity index (χ0n) is 13.6. The molecule has 0 spiro atoms. The van der Waals surface area contributed by atoms with E-state index >= 15 is 0 Å². The molecule has 6 nitrogen and oxygen atoms in total. The van der Waals surface area contributed by atoms with Crippen LogP contribution in [0, 0.1) is 5.82 Å². The molecule has 2 heterocycles. The van der Waals surface area contributed by atoms with Crippen LogP contribution in [-0.4, -0.2) is 28.7 Å². The third-order valence-corrected chi connectivity index (χ3v) is 4.89. The van der Waals surface area contributed by atoms with E-state index in [9.17, 15) is 9.18 Å². The molecule has 1 unspecified atom stereocenters. The Kier molecular flexibility index (Phi) is 5.87. The Balaban J connectivity index is 2.15. The third-order valence-electron chi connectivity index (χ3n) is 3.65. The van der Waals surface area contributed by atoms with E-state index in [2.05, 4.69) is 47.2 Å². The van der Waals surface area contributed by atoms with Gasteiger partial charge in [0.05, 0.1) is 18.4 Å². The van der Waals surface area contributed by atoms with Gasteiger partial charge in [-0.2, -0.15) is 0 Å². The summed E-state index contributed by atoms with van der Waals surface area (Å²) in [5, 5.41) is 3.42. The maximum absolute atomic E-state index is 13.5. The van der Waals surface area contributed by atoms with Gasteiger partial charge in [-0.05, 0) is 24.6 Å². The van der Waals surface area contributed by atoms with Gasteiger partial charge in [-0.15, -0.1) is 0 Å². The van der Waals surface area contributed by atoms with Crippen LogP contribution in [0.4, 0.5) is 4.39 Å². The number of aromatic nitrogens is 1. The predicted molar refractivity (Wildman–Crippen MR) is 100 cm³/mol. The summed E-state index contributed by atoms with van der Waals surface area (Å²) >= 11 is 6.74. The zero-order valence-corrected chi connectivity index (χ0v) is 16.8. The molecule has 26 heavy (non-hydrogen) atoms. The number of amidine groups is 1. The molecule has 0 radical (unpaired) electrons. The molecule has 1 aromatic heterocycles. The molecule has 1 atom stereocenters. The fourth-order valence-electron chi connectivity index (χ4n) is 2.55. The van der Waals surface area contributed by atoms with Gasteiger partial charge in [0.15, 0.2) is 5.84 Å². The summed E-state index contributed by atoms with van der Waals surface area (Å²) in [5.41, 5.74) is 1.54. The number of allylic oxidation sites excluding steroid dienone is 1. The SMILES string of the molecule is CCOC(=O)C1=C(CBr)NC(c2ncco2)=NC1c1ccc(F)cc1Br. The van der Waals surface area contributed by atoms with E-state index in [4.69, 9.17) is 9.15 Å². The molecule has 0 saturated carbocycles. The fourth-order valence-corrected chi connectivity index (χ4v) is 3.56. The molecule has 0 saturated heterocycles. The van der Waals surface area contributed by atoms with Crippen molar-refractivity contribution in [2.24, 2.45) is 4.99 Å². The van der Waals surface area contributed by atoms with Crippen LogP contribution >= 0.6 is 31.9 Å². The van der Waals surface area contributed by atoms with Crippen molar-refractivity contribution in [3.05, 3.63) is 63.7 Å². The second kappa shape index (κ2) is 8.13. The number of ether oxygens (including phenoxy) is 1. The number of halogens is 3. The van der Waals surface area contributed by atoms with Crippen LogP contribution in [0.5, 0.6) is 0 Å². The Morgan fingerprint density at radius 1 is 1.46 bits per heavy atom. The quantitative estimate of drug-likeness (QED) is 0.512. The number of rotatable bonds is 5. The van der Waals surface area contributed by atoms with E-state index in [-0.39, 0.29) is 12.5 Å². The summed E-state index contributed by atoms with van der Waals surface area (Å²) in [6, 6.07) is 3.52. The number of oxazole rings is 1. The Hall–Kier alpha value is -2.00.